The van der Waals surface area contributed by atoms with Crippen molar-refractivity contribution in [3.05, 3.63) is 12.7 Å². The first-order valence-electron chi connectivity index (χ1n) is 11.8. The summed E-state index contributed by atoms with van der Waals surface area (Å²) in [4.78, 5) is 12.3. The Kier molecular flexibility index (Phi) is 24.0. The molecule has 0 rings (SSSR count). The van der Waals surface area contributed by atoms with Crippen LogP contribution in [-0.4, -0.2) is 117 Å². The second-order valence-corrected chi connectivity index (χ2v) is 9.95. The number of rotatable bonds is 22. The van der Waals surface area contributed by atoms with Gasteiger partial charge in [-0.25, -0.2) is 8.42 Å². The monoisotopic (exact) mass is 528 g/mol. The zero-order chi connectivity index (χ0) is 27.0. The second-order valence-electron chi connectivity index (χ2n) is 8.54. The molecule has 11 nitrogen and oxygen atoms in total. The smallest absolute Gasteiger partial charge is 0.243 e. The highest BCUT2D eigenvalue weighted by molar-refractivity contribution is 7.85. The average Bonchev–Trinajstić information content (AvgIpc) is 2.76. The summed E-state index contributed by atoms with van der Waals surface area (Å²) < 4.78 is 57.3. The Labute approximate surface area is 212 Å². The molecule has 0 radical (unpaired) electrons. The molecule has 1 amide bonds. The van der Waals surface area contributed by atoms with Gasteiger partial charge in [-0.3, -0.25) is 4.79 Å². The first-order chi connectivity index (χ1) is 16.5. The maximum absolute atomic E-state index is 10.8. The Hall–Kier alpha value is -1.12. The van der Waals surface area contributed by atoms with Crippen LogP contribution < -0.4 is 10.2 Å². The fourth-order valence-corrected chi connectivity index (χ4v) is 3.91. The van der Waals surface area contributed by atoms with Crippen LogP contribution >= 0.6 is 0 Å². The van der Waals surface area contributed by atoms with E-state index in [1.54, 1.807) is 21.3 Å². The van der Waals surface area contributed by atoms with Gasteiger partial charge in [0.2, 0.25) is 5.91 Å². The minimum atomic E-state index is -4.33. The Morgan fingerprint density at radius 3 is 1.80 bits per heavy atom. The third kappa shape index (κ3) is 29.0. The van der Waals surface area contributed by atoms with Crippen molar-refractivity contribution in [2.75, 3.05) is 93.0 Å². The lowest BCUT2D eigenvalue weighted by Gasteiger charge is -2.26. The van der Waals surface area contributed by atoms with Crippen molar-refractivity contribution in [1.82, 2.24) is 5.32 Å². The molecular weight excluding hydrogens is 480 g/mol. The lowest BCUT2D eigenvalue weighted by atomic mass is 10.1. The third-order valence-corrected chi connectivity index (χ3v) is 5.70. The van der Waals surface area contributed by atoms with Crippen molar-refractivity contribution in [3.8, 4) is 0 Å². The third-order valence-electron chi connectivity index (χ3n) is 4.63. The minimum Gasteiger partial charge on any atom is -0.748 e. The first-order valence-corrected chi connectivity index (χ1v) is 13.4. The Balaban J connectivity index is 0. The maximum Gasteiger partial charge on any atom is 0.243 e. The molecule has 0 aliphatic carbocycles. The van der Waals surface area contributed by atoms with Crippen molar-refractivity contribution in [1.29, 1.82) is 0 Å². The number of carbonyl (C=O) groups excluding carboxylic acids is 1. The molecule has 0 bridgehead atoms. The number of carbonyl (C=O) groups is 1. The summed E-state index contributed by atoms with van der Waals surface area (Å²) in [5.74, 6) is -1.15. The predicted octanol–water partition coefficient (Wildman–Crippen LogP) is -0.374. The summed E-state index contributed by atoms with van der Waals surface area (Å²) in [6, 6.07) is 0. The van der Waals surface area contributed by atoms with Crippen LogP contribution in [-0.2, 0) is 38.6 Å². The highest BCUT2D eigenvalue weighted by Gasteiger charge is 2.22. The number of unbranched alkanes of at least 4 members (excludes halogenated alkanes) is 2. The Bertz CT molecular complexity index is 583. The molecule has 0 aromatic rings. The molecule has 0 aliphatic heterocycles. The van der Waals surface area contributed by atoms with E-state index >= 15 is 0 Å². The number of hydrogen-bond donors (Lipinski definition) is 2. The highest BCUT2D eigenvalue weighted by atomic mass is 32.2. The van der Waals surface area contributed by atoms with E-state index in [9.17, 15) is 17.8 Å². The molecule has 35 heavy (non-hydrogen) atoms. The van der Waals surface area contributed by atoms with Gasteiger partial charge >= 0.3 is 0 Å². The number of amides is 1. The van der Waals surface area contributed by atoms with Gasteiger partial charge < -0.3 is 38.5 Å². The molecule has 0 unspecified atom stereocenters. The van der Waals surface area contributed by atoms with Gasteiger partial charge in [0.05, 0.1) is 62.1 Å². The zero-order valence-corrected chi connectivity index (χ0v) is 23.1. The molecule has 0 spiro atoms. The lowest BCUT2D eigenvalue weighted by molar-refractivity contribution is -0.901. The molecule has 0 heterocycles. The lowest BCUT2D eigenvalue weighted by Crippen LogP contribution is -3.13. The van der Waals surface area contributed by atoms with E-state index in [2.05, 4.69) is 11.9 Å². The highest BCUT2D eigenvalue weighted by Crippen LogP contribution is 2.05. The van der Waals surface area contributed by atoms with Crippen molar-refractivity contribution in [3.63, 3.8) is 0 Å². The molecule has 0 atom stereocenters. The second kappa shape index (κ2) is 23.3. The van der Waals surface area contributed by atoms with Gasteiger partial charge in [-0.2, -0.15) is 0 Å². The molecule has 0 fully saturated rings. The van der Waals surface area contributed by atoms with Crippen LogP contribution in [0.4, 0.5) is 0 Å². The number of hydrogen-bond acceptors (Lipinski definition) is 9. The van der Waals surface area contributed by atoms with Crippen molar-refractivity contribution in [2.24, 2.45) is 0 Å². The van der Waals surface area contributed by atoms with Gasteiger partial charge in [-0.1, -0.05) is 6.58 Å². The van der Waals surface area contributed by atoms with E-state index in [0.717, 1.165) is 52.0 Å². The summed E-state index contributed by atoms with van der Waals surface area (Å²) >= 11 is 0. The van der Waals surface area contributed by atoms with Crippen LogP contribution in [0, 0.1) is 0 Å². The SMILES string of the molecule is C=CC(=O)NC(C)(C)CS(=O)(=O)[O-].COCCCCC[NH+](CCOCCOC)CCOCCOC. The van der Waals surface area contributed by atoms with Gasteiger partial charge in [-0.05, 0) is 39.2 Å². The van der Waals surface area contributed by atoms with Crippen LogP contribution in [0.3, 0.4) is 0 Å². The van der Waals surface area contributed by atoms with E-state index in [1.807, 2.05) is 0 Å². The number of ether oxygens (including phenoxy) is 5. The van der Waals surface area contributed by atoms with Gasteiger partial charge in [0.25, 0.3) is 0 Å². The van der Waals surface area contributed by atoms with Gasteiger partial charge in [0.1, 0.15) is 13.1 Å². The molecule has 0 aromatic heterocycles. The molecule has 0 aliphatic rings. The molecule has 210 valence electrons. The molecule has 0 saturated heterocycles. The fourth-order valence-electron chi connectivity index (χ4n) is 2.96. The van der Waals surface area contributed by atoms with Gasteiger partial charge in [0.15, 0.2) is 0 Å². The topological polar surface area (TPSA) is 137 Å². The number of methoxy groups -OCH3 is 3. The predicted molar refractivity (Wildman–Crippen MR) is 134 cm³/mol. The molecule has 2 N–H and O–H groups in total. The van der Waals surface area contributed by atoms with Crippen molar-refractivity contribution < 1.29 is 46.3 Å². The van der Waals surface area contributed by atoms with Crippen LogP contribution in [0.2, 0.25) is 0 Å². The van der Waals surface area contributed by atoms with Gasteiger partial charge in [0, 0.05) is 33.5 Å². The summed E-state index contributed by atoms with van der Waals surface area (Å²) in [5, 5.41) is 2.33. The van der Waals surface area contributed by atoms with Crippen LogP contribution in [0.25, 0.3) is 0 Å². The van der Waals surface area contributed by atoms with E-state index in [4.69, 9.17) is 23.7 Å². The van der Waals surface area contributed by atoms with E-state index in [0.29, 0.717) is 26.4 Å². The quantitative estimate of drug-likeness (QED) is 0.109. The van der Waals surface area contributed by atoms with Gasteiger partial charge in [-0.15, -0.1) is 0 Å². The normalized spacial score (nSPS) is 11.7. The van der Waals surface area contributed by atoms with Crippen molar-refractivity contribution in [2.45, 2.75) is 38.6 Å². The minimum absolute atomic E-state index is 0.506. The number of nitrogens with one attached hydrogen (secondary N) is 2. The summed E-state index contributed by atoms with van der Waals surface area (Å²) in [6.07, 6.45) is 4.58. The van der Waals surface area contributed by atoms with Crippen molar-refractivity contribution >= 4 is 16.0 Å². The first kappa shape index (κ1) is 36.0. The largest absolute Gasteiger partial charge is 0.748 e. The Morgan fingerprint density at radius 2 is 1.37 bits per heavy atom. The maximum atomic E-state index is 10.8. The van der Waals surface area contributed by atoms with Crippen LogP contribution in [0.15, 0.2) is 12.7 Å². The summed E-state index contributed by atoms with van der Waals surface area (Å²) in [6.45, 7) is 14.3. The van der Waals surface area contributed by atoms with E-state index < -0.39 is 27.3 Å². The van der Waals surface area contributed by atoms with Crippen LogP contribution in [0.1, 0.15) is 33.1 Å². The molecular formula is C23H48N2O9S. The zero-order valence-electron chi connectivity index (χ0n) is 22.3. The average molecular weight is 529 g/mol. The molecule has 0 saturated carbocycles. The van der Waals surface area contributed by atoms with E-state index in [-0.39, 0.29) is 0 Å². The molecule has 0 aromatic carbocycles. The molecule has 12 heteroatoms. The van der Waals surface area contributed by atoms with E-state index in [1.165, 1.54) is 31.6 Å². The fraction of sp³-hybridized carbons (Fsp3) is 0.870. The summed E-state index contributed by atoms with van der Waals surface area (Å²) in [5.41, 5.74) is -1.06. The van der Waals surface area contributed by atoms with Crippen LogP contribution in [0.5, 0.6) is 0 Å². The Morgan fingerprint density at radius 1 is 0.857 bits per heavy atom. The standard InChI is InChI=1S/C16H35NO5.C7H13NO4S/c1-18-10-6-4-5-7-17(8-11-21-15-13-19-2)9-12-22-16-14-20-3;1-4-6(9)8-7(2,3)5-13(10,11)12/h4-16H2,1-3H3;4H,1,5H2,2-3H3,(H,8,9)(H,10,11,12). The number of quaternary nitrogens is 1. The summed E-state index contributed by atoms with van der Waals surface area (Å²) in [7, 11) is 0.807.